The van der Waals surface area contributed by atoms with Crippen LogP contribution in [0.4, 0.5) is 0 Å². The van der Waals surface area contributed by atoms with Crippen LogP contribution < -0.4 is 10.1 Å². The fourth-order valence-corrected chi connectivity index (χ4v) is 3.36. The van der Waals surface area contributed by atoms with Crippen LogP contribution in [0.3, 0.4) is 0 Å². The summed E-state index contributed by atoms with van der Waals surface area (Å²) < 4.78 is 5.45. The van der Waals surface area contributed by atoms with Crippen LogP contribution in [0, 0.1) is 6.92 Å². The summed E-state index contributed by atoms with van der Waals surface area (Å²) >= 11 is 1.53. The predicted molar refractivity (Wildman–Crippen MR) is 104 cm³/mol. The summed E-state index contributed by atoms with van der Waals surface area (Å²) in [5.41, 5.74) is 2.46. The fraction of sp³-hybridized carbons (Fsp3) is 0.200. The van der Waals surface area contributed by atoms with Crippen molar-refractivity contribution in [3.05, 3.63) is 64.9 Å². The van der Waals surface area contributed by atoms with Gasteiger partial charge in [-0.2, -0.15) is 0 Å². The number of aromatic nitrogens is 2. The number of thiazole rings is 1. The number of aryl methyl sites for hydroxylation is 1. The molecule has 0 aliphatic heterocycles. The molecule has 1 aromatic carbocycles. The van der Waals surface area contributed by atoms with Gasteiger partial charge >= 0.3 is 0 Å². The Bertz CT molecular complexity index is 937. The average molecular weight is 381 g/mol. The van der Waals surface area contributed by atoms with E-state index in [2.05, 4.69) is 15.3 Å². The number of hydrogen-bond donors (Lipinski definition) is 1. The van der Waals surface area contributed by atoms with Gasteiger partial charge in [0.15, 0.2) is 12.4 Å². The molecule has 1 amide bonds. The molecule has 138 valence electrons. The maximum absolute atomic E-state index is 12.0. The molecule has 0 aliphatic rings. The third-order valence-corrected chi connectivity index (χ3v) is 5.08. The minimum atomic E-state index is -0.221. The maximum atomic E-state index is 12.0. The molecule has 1 N–H and O–H groups in total. The van der Waals surface area contributed by atoms with Crippen molar-refractivity contribution in [1.82, 2.24) is 15.3 Å². The highest BCUT2D eigenvalue weighted by Crippen LogP contribution is 2.27. The molecule has 0 aliphatic carbocycles. The van der Waals surface area contributed by atoms with Gasteiger partial charge in [0.05, 0.1) is 12.2 Å². The zero-order valence-electron chi connectivity index (χ0n) is 15.1. The molecular formula is C20H19N3O3S. The summed E-state index contributed by atoms with van der Waals surface area (Å²) in [4.78, 5) is 32.9. The van der Waals surface area contributed by atoms with Crippen molar-refractivity contribution in [3.8, 4) is 16.3 Å². The third-order valence-electron chi connectivity index (χ3n) is 3.88. The Balaban J connectivity index is 1.52. The lowest BCUT2D eigenvalue weighted by molar-refractivity contribution is -0.123. The molecule has 0 saturated heterocycles. The molecule has 0 bridgehead atoms. The van der Waals surface area contributed by atoms with Crippen LogP contribution in [0.2, 0.25) is 0 Å². The molecule has 0 spiro atoms. The molecule has 6 nitrogen and oxygen atoms in total. The Morgan fingerprint density at radius 1 is 1.19 bits per heavy atom. The number of nitrogens with one attached hydrogen (secondary N) is 1. The molecule has 3 rings (SSSR count). The van der Waals surface area contributed by atoms with Crippen LogP contribution in [-0.2, 0) is 11.3 Å². The lowest BCUT2D eigenvalue weighted by Gasteiger charge is -2.07. The zero-order chi connectivity index (χ0) is 19.2. The minimum absolute atomic E-state index is 0.00938. The van der Waals surface area contributed by atoms with Gasteiger partial charge in [-0.25, -0.2) is 4.98 Å². The summed E-state index contributed by atoms with van der Waals surface area (Å²) in [6, 6.07) is 10.5. The number of pyridine rings is 1. The van der Waals surface area contributed by atoms with Crippen LogP contribution in [-0.4, -0.2) is 28.3 Å². The molecule has 2 heterocycles. The molecule has 0 saturated carbocycles. The summed E-state index contributed by atoms with van der Waals surface area (Å²) in [7, 11) is 0. The summed E-state index contributed by atoms with van der Waals surface area (Å²) in [5.74, 6) is 0.314. The quantitative estimate of drug-likeness (QED) is 0.634. The highest BCUT2D eigenvalue weighted by molar-refractivity contribution is 7.15. The first-order valence-electron chi connectivity index (χ1n) is 8.40. The van der Waals surface area contributed by atoms with Crippen molar-refractivity contribution >= 4 is 23.0 Å². The van der Waals surface area contributed by atoms with Crippen molar-refractivity contribution in [2.45, 2.75) is 20.4 Å². The number of hydrogen-bond acceptors (Lipinski definition) is 6. The molecular weight excluding hydrogens is 362 g/mol. The second kappa shape index (κ2) is 8.55. The topological polar surface area (TPSA) is 81.2 Å². The number of ketones is 1. The van der Waals surface area contributed by atoms with Gasteiger partial charge < -0.3 is 10.1 Å². The fourth-order valence-electron chi connectivity index (χ4n) is 2.37. The van der Waals surface area contributed by atoms with E-state index in [1.54, 1.807) is 36.7 Å². The van der Waals surface area contributed by atoms with E-state index < -0.39 is 0 Å². The molecule has 0 unspecified atom stereocenters. The highest BCUT2D eigenvalue weighted by atomic mass is 32.1. The number of Topliss-reactive ketones (excluding diaryl/α,β-unsaturated/α-hetero) is 1. The van der Waals surface area contributed by atoms with Gasteiger partial charge in [0, 0.05) is 28.4 Å². The Kier molecular flexibility index (Phi) is 5.93. The summed E-state index contributed by atoms with van der Waals surface area (Å²) in [5, 5.41) is 3.72. The van der Waals surface area contributed by atoms with Gasteiger partial charge in [0.25, 0.3) is 5.91 Å². The Morgan fingerprint density at radius 2 is 1.96 bits per heavy atom. The van der Waals surface area contributed by atoms with Crippen molar-refractivity contribution in [2.75, 3.05) is 6.61 Å². The Morgan fingerprint density at radius 3 is 2.63 bits per heavy atom. The van der Waals surface area contributed by atoms with Gasteiger partial charge in [0.2, 0.25) is 0 Å². The van der Waals surface area contributed by atoms with Crippen molar-refractivity contribution in [3.63, 3.8) is 0 Å². The van der Waals surface area contributed by atoms with E-state index in [0.29, 0.717) is 17.9 Å². The van der Waals surface area contributed by atoms with Crippen molar-refractivity contribution in [1.29, 1.82) is 0 Å². The SMILES string of the molecule is CC(=O)c1ccc(OCC(=O)NCc2sc(-c3cccnc3)nc2C)cc1. The first kappa shape index (κ1) is 18.7. The number of nitrogens with zero attached hydrogens (tertiary/aromatic N) is 2. The van der Waals surface area contributed by atoms with Crippen LogP contribution in [0.5, 0.6) is 5.75 Å². The molecule has 3 aromatic rings. The number of carbonyl (C=O) groups excluding carboxylic acids is 2. The minimum Gasteiger partial charge on any atom is -0.484 e. The normalized spacial score (nSPS) is 10.4. The molecule has 0 atom stereocenters. The van der Waals surface area contributed by atoms with Crippen molar-refractivity contribution in [2.24, 2.45) is 0 Å². The Labute approximate surface area is 161 Å². The lowest BCUT2D eigenvalue weighted by Crippen LogP contribution is -2.28. The summed E-state index contributed by atoms with van der Waals surface area (Å²) in [6.45, 7) is 3.73. The van der Waals surface area contributed by atoms with Gasteiger partial charge in [-0.1, -0.05) is 0 Å². The second-order valence-corrected chi connectivity index (χ2v) is 7.00. The van der Waals surface area contributed by atoms with Gasteiger partial charge in [0.1, 0.15) is 10.8 Å². The van der Waals surface area contributed by atoms with Crippen LogP contribution in [0.25, 0.3) is 10.6 Å². The van der Waals surface area contributed by atoms with Crippen LogP contribution >= 0.6 is 11.3 Å². The number of carbonyl (C=O) groups is 2. The Hall–Kier alpha value is -3.06. The van der Waals surface area contributed by atoms with Crippen LogP contribution in [0.15, 0.2) is 48.8 Å². The zero-order valence-corrected chi connectivity index (χ0v) is 15.9. The molecule has 27 heavy (non-hydrogen) atoms. The van der Waals surface area contributed by atoms with E-state index in [1.807, 2.05) is 19.1 Å². The largest absolute Gasteiger partial charge is 0.484 e. The molecule has 0 fully saturated rings. The standard InChI is InChI=1S/C20H19N3O3S/c1-13-18(27-20(23-13)16-4-3-9-21-10-16)11-22-19(25)12-26-17-7-5-15(6-8-17)14(2)24/h3-10H,11-12H2,1-2H3,(H,22,25). The van der Waals surface area contributed by atoms with Gasteiger partial charge in [-0.05, 0) is 50.2 Å². The molecule has 0 radical (unpaired) electrons. The number of amides is 1. The maximum Gasteiger partial charge on any atom is 0.258 e. The van der Waals surface area contributed by atoms with E-state index in [-0.39, 0.29) is 18.3 Å². The van der Waals surface area contributed by atoms with E-state index in [1.165, 1.54) is 18.3 Å². The highest BCUT2D eigenvalue weighted by Gasteiger charge is 2.11. The number of benzene rings is 1. The van der Waals surface area contributed by atoms with E-state index in [4.69, 9.17) is 4.74 Å². The average Bonchev–Trinajstić information content (AvgIpc) is 3.06. The first-order valence-corrected chi connectivity index (χ1v) is 9.22. The third kappa shape index (κ3) is 4.98. The van der Waals surface area contributed by atoms with E-state index in [0.717, 1.165) is 21.1 Å². The lowest BCUT2D eigenvalue weighted by atomic mass is 10.1. The first-order chi connectivity index (χ1) is 13.0. The van der Waals surface area contributed by atoms with E-state index >= 15 is 0 Å². The smallest absolute Gasteiger partial charge is 0.258 e. The molecule has 2 aromatic heterocycles. The monoisotopic (exact) mass is 381 g/mol. The molecule has 7 heteroatoms. The number of ether oxygens (including phenoxy) is 1. The number of rotatable bonds is 7. The van der Waals surface area contributed by atoms with Crippen molar-refractivity contribution < 1.29 is 14.3 Å². The van der Waals surface area contributed by atoms with Crippen LogP contribution in [0.1, 0.15) is 27.9 Å². The summed E-state index contributed by atoms with van der Waals surface area (Å²) in [6.07, 6.45) is 3.49. The predicted octanol–water partition coefficient (Wildman–Crippen LogP) is 3.41. The second-order valence-electron chi connectivity index (χ2n) is 5.92. The van der Waals surface area contributed by atoms with Gasteiger partial charge in [-0.3, -0.25) is 14.6 Å². The van der Waals surface area contributed by atoms with Gasteiger partial charge in [-0.15, -0.1) is 11.3 Å². The van der Waals surface area contributed by atoms with E-state index in [9.17, 15) is 9.59 Å².